The van der Waals surface area contributed by atoms with Crippen LogP contribution >= 0.6 is 11.3 Å². The quantitative estimate of drug-likeness (QED) is 0.254. The largest absolute Gasteiger partial charge is 0.505 e. The maximum absolute atomic E-state index is 12.4. The highest BCUT2D eigenvalue weighted by atomic mass is 32.1. The molecular weight excluding hydrogens is 426 g/mol. The Morgan fingerprint density at radius 1 is 1.06 bits per heavy atom. The maximum Gasteiger partial charge on any atom is 0.259 e. The molecule has 1 amide bonds. The Balaban J connectivity index is 0.000000269. The number of ether oxygens (including phenoxy) is 2. The zero-order valence-corrected chi connectivity index (χ0v) is 18.6. The minimum absolute atomic E-state index is 0.136. The summed E-state index contributed by atoms with van der Waals surface area (Å²) < 4.78 is 9.97. The number of aromatic hydroxyl groups is 1. The van der Waals surface area contributed by atoms with Gasteiger partial charge >= 0.3 is 0 Å². The molecule has 6 N–H and O–H groups in total. The number of benzene rings is 3. The molecule has 7 nitrogen and oxygen atoms in total. The van der Waals surface area contributed by atoms with Crippen LogP contribution in [0.1, 0.15) is 15.2 Å². The molecule has 1 heterocycles. The minimum atomic E-state index is -0.426. The second-order valence-corrected chi connectivity index (χ2v) is 7.82. The molecule has 0 saturated heterocycles. The SMILES string of the molecule is COCc1sccc1N.COc1ccc(NC(=O)c2cc3ccccc3c(N)c2O)cc1. The summed E-state index contributed by atoms with van der Waals surface area (Å²) >= 11 is 1.62. The van der Waals surface area contributed by atoms with Crippen LogP contribution in [0.3, 0.4) is 0 Å². The van der Waals surface area contributed by atoms with Crippen LogP contribution in [0.2, 0.25) is 0 Å². The van der Waals surface area contributed by atoms with Crippen molar-refractivity contribution in [3.8, 4) is 11.5 Å². The number of methoxy groups -OCH3 is 2. The number of rotatable bonds is 5. The number of nitrogens with one attached hydrogen (secondary N) is 1. The molecule has 0 unspecified atom stereocenters. The molecule has 4 aromatic rings. The van der Waals surface area contributed by atoms with E-state index in [2.05, 4.69) is 5.32 Å². The van der Waals surface area contributed by atoms with Gasteiger partial charge in [0.05, 0.1) is 29.8 Å². The van der Waals surface area contributed by atoms with Gasteiger partial charge in [0.15, 0.2) is 5.75 Å². The highest BCUT2D eigenvalue weighted by Crippen LogP contribution is 2.34. The first-order valence-electron chi connectivity index (χ1n) is 9.71. The van der Waals surface area contributed by atoms with Crippen molar-refractivity contribution < 1.29 is 19.4 Å². The molecule has 0 aliphatic carbocycles. The van der Waals surface area contributed by atoms with E-state index in [-0.39, 0.29) is 17.0 Å². The Morgan fingerprint density at radius 2 is 1.78 bits per heavy atom. The number of phenolic OH excluding ortho intramolecular Hbond substituents is 1. The van der Waals surface area contributed by atoms with Gasteiger partial charge in [0.25, 0.3) is 5.91 Å². The van der Waals surface area contributed by atoms with E-state index in [1.54, 1.807) is 62.0 Å². The van der Waals surface area contributed by atoms with Crippen molar-refractivity contribution in [1.29, 1.82) is 0 Å². The number of hydrogen-bond acceptors (Lipinski definition) is 7. The zero-order valence-electron chi connectivity index (χ0n) is 17.8. The molecular formula is C24H25N3O4S. The molecule has 0 spiro atoms. The van der Waals surface area contributed by atoms with E-state index < -0.39 is 5.91 Å². The lowest BCUT2D eigenvalue weighted by Gasteiger charge is -2.11. The average Bonchev–Trinajstić information content (AvgIpc) is 3.22. The van der Waals surface area contributed by atoms with Crippen LogP contribution in [0, 0.1) is 0 Å². The third kappa shape index (κ3) is 5.29. The molecule has 4 rings (SSSR count). The van der Waals surface area contributed by atoms with Crippen LogP contribution in [0.5, 0.6) is 11.5 Å². The number of thiophene rings is 1. The second kappa shape index (κ2) is 10.5. The van der Waals surface area contributed by atoms with Crippen molar-refractivity contribution in [2.24, 2.45) is 0 Å². The number of carbonyl (C=O) groups is 1. The first-order valence-corrected chi connectivity index (χ1v) is 10.6. The van der Waals surface area contributed by atoms with Crippen LogP contribution in [-0.4, -0.2) is 25.2 Å². The van der Waals surface area contributed by atoms with Crippen LogP contribution in [0.25, 0.3) is 10.8 Å². The first kappa shape index (κ1) is 22.9. The van der Waals surface area contributed by atoms with Gasteiger partial charge in [-0.2, -0.15) is 0 Å². The van der Waals surface area contributed by atoms with Gasteiger partial charge in [0.2, 0.25) is 0 Å². The first-order chi connectivity index (χ1) is 15.4. The van der Waals surface area contributed by atoms with Crippen LogP contribution in [0.4, 0.5) is 17.1 Å². The molecule has 166 valence electrons. The summed E-state index contributed by atoms with van der Waals surface area (Å²) in [5.74, 6) is 0.0561. The fourth-order valence-corrected chi connectivity index (χ4v) is 3.78. The Morgan fingerprint density at radius 3 is 2.41 bits per heavy atom. The van der Waals surface area contributed by atoms with Crippen LogP contribution < -0.4 is 21.5 Å². The average molecular weight is 452 g/mol. The van der Waals surface area contributed by atoms with E-state index >= 15 is 0 Å². The van der Waals surface area contributed by atoms with Gasteiger partial charge in [0.1, 0.15) is 5.75 Å². The number of hydrogen-bond donors (Lipinski definition) is 4. The molecule has 0 aliphatic heterocycles. The monoisotopic (exact) mass is 451 g/mol. The summed E-state index contributed by atoms with van der Waals surface area (Å²) in [6.07, 6.45) is 0. The molecule has 0 bridgehead atoms. The Bertz CT molecular complexity index is 1210. The van der Waals surface area contributed by atoms with Gasteiger partial charge in [-0.05, 0) is 47.2 Å². The molecule has 8 heteroatoms. The van der Waals surface area contributed by atoms with Crippen molar-refractivity contribution >= 4 is 45.1 Å². The lowest BCUT2D eigenvalue weighted by atomic mass is 10.0. The van der Waals surface area contributed by atoms with Crippen LogP contribution in [-0.2, 0) is 11.3 Å². The summed E-state index contributed by atoms with van der Waals surface area (Å²) in [7, 11) is 3.24. The zero-order chi connectivity index (χ0) is 23.1. The van der Waals surface area contributed by atoms with Crippen molar-refractivity contribution in [3.63, 3.8) is 0 Å². The van der Waals surface area contributed by atoms with E-state index in [9.17, 15) is 9.90 Å². The number of fused-ring (bicyclic) bond motifs is 1. The number of nitrogens with two attached hydrogens (primary N) is 2. The Labute approximate surface area is 190 Å². The number of phenols is 1. The number of carbonyl (C=O) groups excluding carboxylic acids is 1. The van der Waals surface area contributed by atoms with E-state index in [0.29, 0.717) is 23.4 Å². The summed E-state index contributed by atoms with van der Waals surface area (Å²) in [4.78, 5) is 13.5. The Kier molecular flexibility index (Phi) is 7.54. The Hall–Kier alpha value is -3.75. The van der Waals surface area contributed by atoms with Gasteiger partial charge < -0.3 is 31.4 Å². The smallest absolute Gasteiger partial charge is 0.259 e. The van der Waals surface area contributed by atoms with Crippen LogP contribution in [0.15, 0.2) is 66.0 Å². The number of amides is 1. The fourth-order valence-electron chi connectivity index (χ4n) is 3.01. The summed E-state index contributed by atoms with van der Waals surface area (Å²) in [5.41, 5.74) is 13.3. The predicted molar refractivity (Wildman–Crippen MR) is 130 cm³/mol. The molecule has 0 fully saturated rings. The second-order valence-electron chi connectivity index (χ2n) is 6.82. The highest BCUT2D eigenvalue weighted by Gasteiger charge is 2.16. The fraction of sp³-hybridized carbons (Fsp3) is 0.125. The highest BCUT2D eigenvalue weighted by molar-refractivity contribution is 7.10. The normalized spacial score (nSPS) is 10.3. The minimum Gasteiger partial charge on any atom is -0.505 e. The van der Waals surface area contributed by atoms with Crippen molar-refractivity contribution in [2.45, 2.75) is 6.61 Å². The van der Waals surface area contributed by atoms with Crippen molar-refractivity contribution in [3.05, 3.63) is 76.5 Å². The van der Waals surface area contributed by atoms with Crippen molar-refractivity contribution in [2.75, 3.05) is 31.0 Å². The maximum atomic E-state index is 12.4. The van der Waals surface area contributed by atoms with Gasteiger partial charge in [0, 0.05) is 23.9 Å². The van der Waals surface area contributed by atoms with Gasteiger partial charge in [-0.25, -0.2) is 0 Å². The lowest BCUT2D eigenvalue weighted by molar-refractivity contribution is 0.102. The number of anilines is 3. The van der Waals surface area contributed by atoms with Gasteiger partial charge in [-0.1, -0.05) is 24.3 Å². The molecule has 3 aromatic carbocycles. The van der Waals surface area contributed by atoms with E-state index in [1.165, 1.54) is 0 Å². The molecule has 0 aliphatic rings. The van der Waals surface area contributed by atoms with E-state index in [0.717, 1.165) is 16.0 Å². The summed E-state index contributed by atoms with van der Waals surface area (Å²) in [6.45, 7) is 0.628. The topological polar surface area (TPSA) is 120 Å². The molecule has 0 radical (unpaired) electrons. The summed E-state index contributed by atoms with van der Waals surface area (Å²) in [5, 5.41) is 16.4. The van der Waals surface area contributed by atoms with E-state index in [1.807, 2.05) is 29.6 Å². The van der Waals surface area contributed by atoms with E-state index in [4.69, 9.17) is 20.9 Å². The molecule has 1 aromatic heterocycles. The third-order valence-electron chi connectivity index (χ3n) is 4.71. The molecule has 0 saturated carbocycles. The lowest BCUT2D eigenvalue weighted by Crippen LogP contribution is -2.12. The van der Waals surface area contributed by atoms with Gasteiger partial charge in [-0.3, -0.25) is 4.79 Å². The predicted octanol–water partition coefficient (Wildman–Crippen LogP) is 4.87. The molecule has 0 atom stereocenters. The van der Waals surface area contributed by atoms with Crippen molar-refractivity contribution in [1.82, 2.24) is 0 Å². The standard InChI is InChI=1S/C18H16N2O3.C6H9NOS/c1-23-13-8-6-12(7-9-13)20-18(22)15-10-11-4-2-3-5-14(11)16(19)17(15)21;1-8-4-6-5(7)2-3-9-6/h2-10,21H,19H2,1H3,(H,20,22);2-3H,4,7H2,1H3. The summed E-state index contributed by atoms with van der Waals surface area (Å²) in [6, 6.07) is 17.8. The molecule has 32 heavy (non-hydrogen) atoms. The third-order valence-corrected chi connectivity index (χ3v) is 5.62. The number of nitrogen functional groups attached to an aromatic ring is 2. The van der Waals surface area contributed by atoms with Gasteiger partial charge in [-0.15, -0.1) is 11.3 Å².